The highest BCUT2D eigenvalue weighted by atomic mass is 31.0. The van der Waals surface area contributed by atoms with Gasteiger partial charge in [-0.15, -0.1) is 9.24 Å². The molecule has 1 aromatic rings. The van der Waals surface area contributed by atoms with Crippen LogP contribution >= 0.6 is 9.24 Å². The van der Waals surface area contributed by atoms with E-state index in [0.29, 0.717) is 5.66 Å². The Balaban J connectivity index is 0.00000137. The van der Waals surface area contributed by atoms with E-state index >= 15 is 0 Å². The van der Waals surface area contributed by atoms with Gasteiger partial charge in [0.1, 0.15) is 0 Å². The van der Waals surface area contributed by atoms with Gasteiger partial charge in [0.2, 0.25) is 0 Å². The maximum atomic E-state index is 2.96. The van der Waals surface area contributed by atoms with Crippen molar-refractivity contribution >= 4 is 9.24 Å². The molecular formula is C17H31P. The van der Waals surface area contributed by atoms with Gasteiger partial charge in [0.25, 0.3) is 0 Å². The third-order valence-corrected chi connectivity index (χ3v) is 3.59. The second-order valence-electron chi connectivity index (χ2n) is 6.11. The lowest BCUT2D eigenvalue weighted by atomic mass is 9.86. The minimum Gasteiger partial charge on any atom is -0.130 e. The van der Waals surface area contributed by atoms with Crippen LogP contribution < -0.4 is 0 Å². The normalized spacial score (nSPS) is 12.9. The van der Waals surface area contributed by atoms with Gasteiger partial charge >= 0.3 is 0 Å². The molecule has 0 saturated heterocycles. The first-order valence-electron chi connectivity index (χ1n) is 7.16. The molecule has 0 fully saturated rings. The first-order chi connectivity index (χ1) is 8.30. The summed E-state index contributed by atoms with van der Waals surface area (Å²) in [5.41, 5.74) is 3.70. The van der Waals surface area contributed by atoms with E-state index in [1.165, 1.54) is 17.5 Å². The third-order valence-electron chi connectivity index (χ3n) is 2.93. The van der Waals surface area contributed by atoms with Crippen LogP contribution in [-0.4, -0.2) is 0 Å². The second kappa shape index (κ2) is 7.95. The molecule has 0 aliphatic carbocycles. The summed E-state index contributed by atoms with van der Waals surface area (Å²) in [6.45, 7) is 15.3. The van der Waals surface area contributed by atoms with Crippen LogP contribution in [0.5, 0.6) is 0 Å². The monoisotopic (exact) mass is 266 g/mol. The standard InChI is InChI=1S/C15H25P.C2H6/c1-11(2)10-14(16)12-6-8-13(9-7-12)15(3,4)5;1-2/h6-9,11,14H,10,16H2,1-5H3;1-2H3. The molecule has 0 spiro atoms. The van der Waals surface area contributed by atoms with E-state index in [9.17, 15) is 0 Å². The SMILES string of the molecule is CC.CC(C)CC(P)c1ccc(C(C)(C)C)cc1. The Kier molecular flexibility index (Phi) is 7.79. The lowest BCUT2D eigenvalue weighted by Gasteiger charge is -2.20. The molecule has 0 nitrogen and oxygen atoms in total. The van der Waals surface area contributed by atoms with Gasteiger partial charge < -0.3 is 0 Å². The summed E-state index contributed by atoms with van der Waals surface area (Å²) >= 11 is 0. The molecule has 0 amide bonds. The van der Waals surface area contributed by atoms with Crippen LogP contribution in [0, 0.1) is 5.92 Å². The van der Waals surface area contributed by atoms with Gasteiger partial charge in [-0.25, -0.2) is 0 Å². The number of benzene rings is 1. The highest BCUT2D eigenvalue weighted by molar-refractivity contribution is 7.17. The van der Waals surface area contributed by atoms with Gasteiger partial charge in [0, 0.05) is 0 Å². The maximum absolute atomic E-state index is 2.96. The van der Waals surface area contributed by atoms with Crippen LogP contribution in [-0.2, 0) is 5.41 Å². The lowest BCUT2D eigenvalue weighted by molar-refractivity contribution is 0.576. The van der Waals surface area contributed by atoms with Gasteiger partial charge in [-0.2, -0.15) is 0 Å². The fourth-order valence-electron chi connectivity index (χ4n) is 1.87. The molecule has 1 heteroatoms. The summed E-state index contributed by atoms with van der Waals surface area (Å²) in [5.74, 6) is 0.754. The van der Waals surface area contributed by atoms with Gasteiger partial charge in [-0.05, 0) is 34.5 Å². The Morgan fingerprint density at radius 1 is 1.00 bits per heavy atom. The molecule has 0 radical (unpaired) electrons. The Morgan fingerprint density at radius 3 is 1.78 bits per heavy atom. The zero-order chi connectivity index (χ0) is 14.3. The van der Waals surface area contributed by atoms with Crippen molar-refractivity contribution in [1.29, 1.82) is 0 Å². The second-order valence-corrected chi connectivity index (χ2v) is 6.91. The predicted molar refractivity (Wildman–Crippen MR) is 88.4 cm³/mol. The summed E-state index contributed by atoms with van der Waals surface area (Å²) in [4.78, 5) is 0. The zero-order valence-corrected chi connectivity index (χ0v) is 14.4. The Bertz CT molecular complexity index is 316. The summed E-state index contributed by atoms with van der Waals surface area (Å²) in [6.07, 6.45) is 1.24. The van der Waals surface area contributed by atoms with Crippen LogP contribution in [0.4, 0.5) is 0 Å². The van der Waals surface area contributed by atoms with Crippen molar-refractivity contribution in [1.82, 2.24) is 0 Å². The number of hydrogen-bond acceptors (Lipinski definition) is 0. The molecule has 0 aliphatic rings. The molecule has 0 saturated carbocycles. The van der Waals surface area contributed by atoms with E-state index in [2.05, 4.69) is 68.1 Å². The highest BCUT2D eigenvalue weighted by Gasteiger charge is 2.14. The van der Waals surface area contributed by atoms with E-state index in [1.54, 1.807) is 0 Å². The molecule has 1 rings (SSSR count). The van der Waals surface area contributed by atoms with Crippen molar-refractivity contribution in [2.24, 2.45) is 5.92 Å². The van der Waals surface area contributed by atoms with Crippen molar-refractivity contribution < 1.29 is 0 Å². The van der Waals surface area contributed by atoms with Gasteiger partial charge in [0.05, 0.1) is 0 Å². The van der Waals surface area contributed by atoms with Crippen LogP contribution in [0.3, 0.4) is 0 Å². The first-order valence-corrected chi connectivity index (χ1v) is 7.83. The smallest absolute Gasteiger partial charge is 0.00121 e. The molecule has 0 aliphatic heterocycles. The molecule has 18 heavy (non-hydrogen) atoms. The lowest BCUT2D eigenvalue weighted by Crippen LogP contribution is -2.10. The highest BCUT2D eigenvalue weighted by Crippen LogP contribution is 2.31. The van der Waals surface area contributed by atoms with E-state index in [4.69, 9.17) is 0 Å². The Labute approximate surface area is 117 Å². The van der Waals surface area contributed by atoms with E-state index < -0.39 is 0 Å². The minimum atomic E-state index is 0.257. The summed E-state index contributed by atoms with van der Waals surface area (Å²) in [7, 11) is 2.96. The quantitative estimate of drug-likeness (QED) is 0.591. The molecule has 0 N–H and O–H groups in total. The van der Waals surface area contributed by atoms with Gasteiger partial charge in [-0.3, -0.25) is 0 Å². The van der Waals surface area contributed by atoms with Crippen molar-refractivity contribution in [3.63, 3.8) is 0 Å². The molecule has 2 unspecified atom stereocenters. The maximum Gasteiger partial charge on any atom is -0.00121 e. The zero-order valence-electron chi connectivity index (χ0n) is 13.2. The summed E-state index contributed by atoms with van der Waals surface area (Å²) < 4.78 is 0. The first kappa shape index (κ1) is 17.6. The minimum absolute atomic E-state index is 0.257. The average Bonchev–Trinajstić information content (AvgIpc) is 2.30. The van der Waals surface area contributed by atoms with Crippen molar-refractivity contribution in [3.05, 3.63) is 35.4 Å². The largest absolute Gasteiger partial charge is 0.130 e. The fourth-order valence-corrected chi connectivity index (χ4v) is 2.64. The van der Waals surface area contributed by atoms with Crippen LogP contribution in [0.2, 0.25) is 0 Å². The average molecular weight is 266 g/mol. The molecule has 1 aromatic carbocycles. The van der Waals surface area contributed by atoms with Crippen LogP contribution in [0.1, 0.15) is 71.7 Å². The van der Waals surface area contributed by atoms with Gasteiger partial charge in [0.15, 0.2) is 0 Å². The van der Waals surface area contributed by atoms with Crippen molar-refractivity contribution in [2.75, 3.05) is 0 Å². The summed E-state index contributed by atoms with van der Waals surface area (Å²) in [5, 5.41) is 0. The number of rotatable bonds is 3. The molecule has 104 valence electrons. The Morgan fingerprint density at radius 2 is 1.44 bits per heavy atom. The topological polar surface area (TPSA) is 0 Å². The van der Waals surface area contributed by atoms with Crippen molar-refractivity contribution in [3.8, 4) is 0 Å². The van der Waals surface area contributed by atoms with Crippen LogP contribution in [0.25, 0.3) is 0 Å². The molecule has 0 bridgehead atoms. The molecular weight excluding hydrogens is 235 g/mol. The van der Waals surface area contributed by atoms with Crippen molar-refractivity contribution in [2.45, 2.75) is 66.0 Å². The summed E-state index contributed by atoms with van der Waals surface area (Å²) in [6, 6.07) is 9.10. The fraction of sp³-hybridized carbons (Fsp3) is 0.647. The van der Waals surface area contributed by atoms with Crippen LogP contribution in [0.15, 0.2) is 24.3 Å². The van der Waals surface area contributed by atoms with E-state index in [0.717, 1.165) is 5.92 Å². The van der Waals surface area contributed by atoms with E-state index in [1.807, 2.05) is 13.8 Å². The Hall–Kier alpha value is -0.350. The third kappa shape index (κ3) is 6.01. The predicted octanol–water partition coefficient (Wildman–Crippen LogP) is 5.97. The number of hydrogen-bond donors (Lipinski definition) is 0. The molecule has 2 atom stereocenters. The van der Waals surface area contributed by atoms with Gasteiger partial charge in [-0.1, -0.05) is 72.7 Å². The molecule has 0 aromatic heterocycles. The van der Waals surface area contributed by atoms with E-state index in [-0.39, 0.29) is 5.41 Å². The molecule has 0 heterocycles.